The predicted octanol–water partition coefficient (Wildman–Crippen LogP) is 0.800. The molecule has 2 saturated heterocycles. The van der Waals surface area contributed by atoms with E-state index in [0.29, 0.717) is 0 Å². The minimum atomic E-state index is 0.763. The molecule has 9 heteroatoms. The van der Waals surface area contributed by atoms with E-state index >= 15 is 0 Å². The first kappa shape index (κ1) is 15.5. The standard InChI is InChI=1S/C15H21N7OS/c1-12-18-19-15(24-12)22-4-2-20(3-5-22)13-10-14(17-11-16-13)21-6-8-23-9-7-21/h10-11H,2-9H2,1H3. The van der Waals surface area contributed by atoms with Gasteiger partial charge in [-0.05, 0) is 6.92 Å². The summed E-state index contributed by atoms with van der Waals surface area (Å²) >= 11 is 1.65. The van der Waals surface area contributed by atoms with E-state index in [0.717, 1.165) is 74.3 Å². The van der Waals surface area contributed by atoms with Crippen LogP contribution < -0.4 is 14.7 Å². The van der Waals surface area contributed by atoms with Crippen LogP contribution in [0.15, 0.2) is 12.4 Å². The maximum atomic E-state index is 5.41. The van der Waals surface area contributed by atoms with Gasteiger partial charge in [-0.25, -0.2) is 9.97 Å². The van der Waals surface area contributed by atoms with E-state index in [1.54, 1.807) is 17.7 Å². The number of aryl methyl sites for hydroxylation is 1. The maximum Gasteiger partial charge on any atom is 0.208 e. The summed E-state index contributed by atoms with van der Waals surface area (Å²) in [6.07, 6.45) is 1.67. The first-order valence-electron chi connectivity index (χ1n) is 8.24. The summed E-state index contributed by atoms with van der Waals surface area (Å²) in [6.45, 7) is 9.03. The number of hydrogen-bond acceptors (Lipinski definition) is 9. The molecule has 0 atom stereocenters. The van der Waals surface area contributed by atoms with Crippen molar-refractivity contribution in [1.29, 1.82) is 0 Å². The highest BCUT2D eigenvalue weighted by atomic mass is 32.1. The second-order valence-corrected chi connectivity index (χ2v) is 7.07. The van der Waals surface area contributed by atoms with Crippen molar-refractivity contribution in [3.63, 3.8) is 0 Å². The van der Waals surface area contributed by atoms with Gasteiger partial charge in [0.2, 0.25) is 5.13 Å². The highest BCUT2D eigenvalue weighted by molar-refractivity contribution is 7.15. The van der Waals surface area contributed by atoms with Crippen molar-refractivity contribution in [3.05, 3.63) is 17.4 Å². The van der Waals surface area contributed by atoms with Crippen molar-refractivity contribution in [2.45, 2.75) is 6.92 Å². The lowest BCUT2D eigenvalue weighted by molar-refractivity contribution is 0.122. The van der Waals surface area contributed by atoms with Gasteiger partial charge in [-0.15, -0.1) is 10.2 Å². The second-order valence-electron chi connectivity index (χ2n) is 5.91. The number of nitrogens with zero attached hydrogens (tertiary/aromatic N) is 7. The Hall–Kier alpha value is -2.00. The molecule has 2 aromatic rings. The van der Waals surface area contributed by atoms with Crippen LogP contribution in [-0.2, 0) is 4.74 Å². The third-order valence-corrected chi connectivity index (χ3v) is 5.26. The lowest BCUT2D eigenvalue weighted by Crippen LogP contribution is -2.47. The molecule has 4 heterocycles. The summed E-state index contributed by atoms with van der Waals surface area (Å²) in [5.74, 6) is 1.99. The Kier molecular flexibility index (Phi) is 4.44. The highest BCUT2D eigenvalue weighted by Crippen LogP contribution is 2.23. The third-order valence-electron chi connectivity index (χ3n) is 4.36. The van der Waals surface area contributed by atoms with Crippen LogP contribution in [-0.4, -0.2) is 72.6 Å². The Morgan fingerprint density at radius 3 is 2.12 bits per heavy atom. The molecule has 0 unspecified atom stereocenters. The summed E-state index contributed by atoms with van der Waals surface area (Å²) in [6, 6.07) is 2.09. The molecule has 24 heavy (non-hydrogen) atoms. The van der Waals surface area contributed by atoms with E-state index in [2.05, 4.69) is 40.9 Å². The Morgan fingerprint density at radius 1 is 0.875 bits per heavy atom. The van der Waals surface area contributed by atoms with Gasteiger partial charge in [0.05, 0.1) is 13.2 Å². The smallest absolute Gasteiger partial charge is 0.208 e. The summed E-state index contributed by atoms with van der Waals surface area (Å²) in [7, 11) is 0. The second kappa shape index (κ2) is 6.86. The molecule has 2 aliphatic rings. The van der Waals surface area contributed by atoms with Crippen LogP contribution in [0.4, 0.5) is 16.8 Å². The number of anilines is 3. The first-order chi connectivity index (χ1) is 11.8. The summed E-state index contributed by atoms with van der Waals surface area (Å²) in [5.41, 5.74) is 0. The molecule has 0 aromatic carbocycles. The Balaban J connectivity index is 1.42. The van der Waals surface area contributed by atoms with Crippen LogP contribution in [0.2, 0.25) is 0 Å². The average Bonchev–Trinajstić information content (AvgIpc) is 3.09. The zero-order valence-electron chi connectivity index (χ0n) is 13.8. The largest absolute Gasteiger partial charge is 0.378 e. The minimum Gasteiger partial charge on any atom is -0.378 e. The number of piperazine rings is 1. The summed E-state index contributed by atoms with van der Waals surface area (Å²) in [4.78, 5) is 15.8. The Bertz CT molecular complexity index is 680. The van der Waals surface area contributed by atoms with Gasteiger partial charge < -0.3 is 19.4 Å². The average molecular weight is 347 g/mol. The fourth-order valence-electron chi connectivity index (χ4n) is 3.02. The molecule has 2 fully saturated rings. The van der Waals surface area contributed by atoms with Gasteiger partial charge in [0, 0.05) is 45.3 Å². The van der Waals surface area contributed by atoms with Crippen molar-refractivity contribution in [3.8, 4) is 0 Å². The first-order valence-corrected chi connectivity index (χ1v) is 9.06. The van der Waals surface area contributed by atoms with Crippen molar-refractivity contribution in [1.82, 2.24) is 20.2 Å². The molecule has 2 aliphatic heterocycles. The summed E-state index contributed by atoms with van der Waals surface area (Å²) < 4.78 is 5.41. The Labute approximate surface area is 145 Å². The fraction of sp³-hybridized carbons (Fsp3) is 0.600. The van der Waals surface area contributed by atoms with Crippen molar-refractivity contribution in [2.75, 3.05) is 67.2 Å². The Morgan fingerprint density at radius 2 is 1.50 bits per heavy atom. The molecule has 128 valence electrons. The van der Waals surface area contributed by atoms with Crippen LogP contribution in [0.3, 0.4) is 0 Å². The van der Waals surface area contributed by atoms with Gasteiger partial charge >= 0.3 is 0 Å². The monoisotopic (exact) mass is 347 g/mol. The highest BCUT2D eigenvalue weighted by Gasteiger charge is 2.22. The van der Waals surface area contributed by atoms with Crippen LogP contribution >= 0.6 is 11.3 Å². The van der Waals surface area contributed by atoms with Gasteiger partial charge in [0.1, 0.15) is 23.0 Å². The molecular weight excluding hydrogens is 326 g/mol. The van der Waals surface area contributed by atoms with E-state index in [-0.39, 0.29) is 0 Å². The SMILES string of the molecule is Cc1nnc(N2CCN(c3cc(N4CCOCC4)ncn3)CC2)s1. The number of morpholine rings is 1. The lowest BCUT2D eigenvalue weighted by atomic mass is 10.3. The van der Waals surface area contributed by atoms with Crippen LogP contribution in [0, 0.1) is 6.92 Å². The van der Waals surface area contributed by atoms with Gasteiger partial charge in [-0.1, -0.05) is 11.3 Å². The maximum absolute atomic E-state index is 5.41. The van der Waals surface area contributed by atoms with E-state index < -0.39 is 0 Å². The van der Waals surface area contributed by atoms with Crippen LogP contribution in [0.1, 0.15) is 5.01 Å². The molecule has 0 radical (unpaired) electrons. The van der Waals surface area contributed by atoms with Gasteiger partial charge in [-0.3, -0.25) is 0 Å². The lowest BCUT2D eigenvalue weighted by Gasteiger charge is -2.35. The molecule has 8 nitrogen and oxygen atoms in total. The topological polar surface area (TPSA) is 70.5 Å². The summed E-state index contributed by atoms with van der Waals surface area (Å²) in [5, 5.41) is 10.4. The van der Waals surface area contributed by atoms with Gasteiger partial charge in [0.25, 0.3) is 0 Å². The third kappa shape index (κ3) is 3.27. The molecule has 0 saturated carbocycles. The van der Waals surface area contributed by atoms with Crippen LogP contribution in [0.25, 0.3) is 0 Å². The molecule has 0 N–H and O–H groups in total. The number of rotatable bonds is 3. The van der Waals surface area contributed by atoms with Crippen molar-refractivity contribution in [2.24, 2.45) is 0 Å². The molecule has 2 aromatic heterocycles. The molecule has 0 amide bonds. The van der Waals surface area contributed by atoms with Crippen molar-refractivity contribution < 1.29 is 4.74 Å². The fourth-order valence-corrected chi connectivity index (χ4v) is 3.76. The van der Waals surface area contributed by atoms with Gasteiger partial charge in [0.15, 0.2) is 0 Å². The van der Waals surface area contributed by atoms with Crippen LogP contribution in [0.5, 0.6) is 0 Å². The van der Waals surface area contributed by atoms with E-state index in [1.807, 2.05) is 6.92 Å². The predicted molar refractivity (Wildman–Crippen MR) is 94.1 cm³/mol. The van der Waals surface area contributed by atoms with E-state index in [1.165, 1.54) is 0 Å². The normalized spacial score (nSPS) is 19.0. The molecule has 0 aliphatic carbocycles. The number of aromatic nitrogens is 4. The van der Waals surface area contributed by atoms with E-state index in [9.17, 15) is 0 Å². The number of hydrogen-bond donors (Lipinski definition) is 0. The quantitative estimate of drug-likeness (QED) is 0.807. The van der Waals surface area contributed by atoms with Gasteiger partial charge in [-0.2, -0.15) is 0 Å². The van der Waals surface area contributed by atoms with Crippen molar-refractivity contribution >= 4 is 28.1 Å². The zero-order chi connectivity index (χ0) is 16.4. The van der Waals surface area contributed by atoms with E-state index in [4.69, 9.17) is 4.74 Å². The zero-order valence-corrected chi connectivity index (χ0v) is 14.6. The minimum absolute atomic E-state index is 0.763. The molecular formula is C15H21N7OS. The number of ether oxygens (including phenoxy) is 1. The molecule has 4 rings (SSSR count). The molecule has 0 bridgehead atoms. The molecule has 0 spiro atoms.